The fourth-order valence-corrected chi connectivity index (χ4v) is 3.04. The van der Waals surface area contributed by atoms with Crippen LogP contribution in [0.3, 0.4) is 0 Å². The van der Waals surface area contributed by atoms with E-state index in [0.29, 0.717) is 11.6 Å². The van der Waals surface area contributed by atoms with Crippen LogP contribution in [0.1, 0.15) is 52.3 Å². The van der Waals surface area contributed by atoms with E-state index in [1.807, 2.05) is 18.7 Å². The molecule has 0 aromatic carbocycles. The van der Waals surface area contributed by atoms with E-state index in [0.717, 1.165) is 25.1 Å². The zero-order valence-corrected chi connectivity index (χ0v) is 13.4. The summed E-state index contributed by atoms with van der Waals surface area (Å²) in [6, 6.07) is 0.0393. The average molecular weight is 288 g/mol. The minimum absolute atomic E-state index is 0.0393. The number of ether oxygens (including phenoxy) is 1. The number of nitrogens with one attached hydrogen (secondary N) is 1. The molecule has 1 atom stereocenters. The van der Waals surface area contributed by atoms with Gasteiger partial charge in [0.1, 0.15) is 0 Å². The molecule has 0 aliphatic rings. The van der Waals surface area contributed by atoms with Crippen molar-refractivity contribution in [1.29, 1.82) is 0 Å². The fraction of sp³-hybridized carbons (Fsp3) is 0.786. The lowest BCUT2D eigenvalue weighted by atomic mass is 9.86. The van der Waals surface area contributed by atoms with Crippen LogP contribution in [0.15, 0.2) is 6.20 Å². The van der Waals surface area contributed by atoms with E-state index in [-0.39, 0.29) is 11.6 Å². The van der Waals surface area contributed by atoms with Crippen LogP contribution >= 0.6 is 11.6 Å². The molecule has 0 saturated heterocycles. The number of hydrogen-bond donors (Lipinski definition) is 1. The van der Waals surface area contributed by atoms with Crippen LogP contribution < -0.4 is 5.32 Å². The monoisotopic (exact) mass is 287 g/mol. The topological polar surface area (TPSA) is 39.1 Å². The summed E-state index contributed by atoms with van der Waals surface area (Å²) >= 11 is 6.34. The second kappa shape index (κ2) is 7.27. The highest BCUT2D eigenvalue weighted by Gasteiger charge is 2.39. The summed E-state index contributed by atoms with van der Waals surface area (Å²) < 4.78 is 8.04. The molecule has 1 rings (SSSR count). The van der Waals surface area contributed by atoms with Crippen LogP contribution in [0, 0.1) is 0 Å². The van der Waals surface area contributed by atoms with E-state index in [9.17, 15) is 0 Å². The van der Waals surface area contributed by atoms with E-state index < -0.39 is 0 Å². The molecule has 1 unspecified atom stereocenters. The maximum atomic E-state index is 6.34. The Bertz CT molecular complexity index is 388. The van der Waals surface area contributed by atoms with E-state index in [1.165, 1.54) is 0 Å². The Kier molecular flexibility index (Phi) is 6.30. The van der Waals surface area contributed by atoms with Crippen molar-refractivity contribution in [3.8, 4) is 0 Å². The summed E-state index contributed by atoms with van der Waals surface area (Å²) in [4.78, 5) is 0. The smallest absolute Gasteiger partial charge is 0.0886 e. The molecule has 1 N–H and O–H groups in total. The van der Waals surface area contributed by atoms with Crippen LogP contribution in [-0.4, -0.2) is 29.0 Å². The third kappa shape index (κ3) is 3.12. The predicted octanol–water partition coefficient (Wildman–Crippen LogP) is 3.41. The minimum Gasteiger partial charge on any atom is -0.373 e. The summed E-state index contributed by atoms with van der Waals surface area (Å²) in [7, 11) is 1.95. The van der Waals surface area contributed by atoms with Crippen LogP contribution in [0.4, 0.5) is 0 Å². The van der Waals surface area contributed by atoms with Crippen molar-refractivity contribution in [2.75, 3.05) is 13.7 Å². The molecule has 1 aromatic heterocycles. The van der Waals surface area contributed by atoms with Gasteiger partial charge in [-0.1, -0.05) is 25.4 Å². The lowest BCUT2D eigenvalue weighted by Gasteiger charge is -2.39. The number of halogens is 1. The first-order chi connectivity index (χ1) is 9.10. The van der Waals surface area contributed by atoms with Crippen LogP contribution in [0.25, 0.3) is 0 Å². The summed E-state index contributed by atoms with van der Waals surface area (Å²) in [5.74, 6) is 0. The number of hydrogen-bond acceptors (Lipinski definition) is 3. The Morgan fingerprint density at radius 3 is 2.42 bits per heavy atom. The largest absolute Gasteiger partial charge is 0.373 e. The van der Waals surface area contributed by atoms with Crippen molar-refractivity contribution in [1.82, 2.24) is 15.1 Å². The van der Waals surface area contributed by atoms with Crippen LogP contribution in [-0.2, 0) is 11.3 Å². The Morgan fingerprint density at radius 2 is 2.00 bits per heavy atom. The van der Waals surface area contributed by atoms with Crippen molar-refractivity contribution in [3.05, 3.63) is 16.9 Å². The van der Waals surface area contributed by atoms with E-state index in [1.54, 1.807) is 6.20 Å². The predicted molar refractivity (Wildman–Crippen MR) is 79.7 cm³/mol. The number of rotatable bonds is 8. The highest BCUT2D eigenvalue weighted by molar-refractivity contribution is 6.31. The second-order valence-electron chi connectivity index (χ2n) is 4.62. The Balaban J connectivity index is 3.26. The number of aryl methyl sites for hydroxylation is 1. The molecule has 110 valence electrons. The van der Waals surface area contributed by atoms with Crippen molar-refractivity contribution in [2.24, 2.45) is 0 Å². The maximum absolute atomic E-state index is 6.34. The van der Waals surface area contributed by atoms with Gasteiger partial charge < -0.3 is 10.1 Å². The first-order valence-corrected chi connectivity index (χ1v) is 7.50. The van der Waals surface area contributed by atoms with Gasteiger partial charge in [-0.3, -0.25) is 4.68 Å². The van der Waals surface area contributed by atoms with Gasteiger partial charge in [-0.25, -0.2) is 0 Å². The normalized spacial score (nSPS) is 13.8. The summed E-state index contributed by atoms with van der Waals surface area (Å²) in [5, 5.41) is 8.41. The fourth-order valence-electron chi connectivity index (χ4n) is 2.79. The molecule has 0 amide bonds. The second-order valence-corrected chi connectivity index (χ2v) is 5.03. The van der Waals surface area contributed by atoms with Gasteiger partial charge in [0, 0.05) is 13.2 Å². The number of nitrogens with zero attached hydrogens (tertiary/aromatic N) is 2. The molecular formula is C14H26ClN3O. The van der Waals surface area contributed by atoms with Gasteiger partial charge >= 0.3 is 0 Å². The lowest BCUT2D eigenvalue weighted by molar-refractivity contribution is -0.0735. The van der Waals surface area contributed by atoms with E-state index in [2.05, 4.69) is 31.2 Å². The molecule has 0 fully saturated rings. The Labute approximate surface area is 121 Å². The highest BCUT2D eigenvalue weighted by Crippen LogP contribution is 2.38. The molecule has 1 aromatic rings. The molecule has 0 radical (unpaired) electrons. The van der Waals surface area contributed by atoms with Crippen molar-refractivity contribution >= 4 is 11.6 Å². The number of aromatic nitrogens is 2. The Hall–Kier alpha value is -0.580. The van der Waals surface area contributed by atoms with Crippen LogP contribution in [0.5, 0.6) is 0 Å². The van der Waals surface area contributed by atoms with Gasteiger partial charge in [0.25, 0.3) is 0 Å². The van der Waals surface area contributed by atoms with Crippen molar-refractivity contribution in [3.63, 3.8) is 0 Å². The first kappa shape index (κ1) is 16.5. The highest BCUT2D eigenvalue weighted by atomic mass is 35.5. The van der Waals surface area contributed by atoms with E-state index >= 15 is 0 Å². The molecular weight excluding hydrogens is 262 g/mol. The molecule has 0 aliphatic heterocycles. The van der Waals surface area contributed by atoms with Crippen molar-refractivity contribution < 1.29 is 4.74 Å². The standard InChI is InChI=1S/C14H26ClN3O/c1-6-14(7-2,19-9-4)13(16-5)12-11(15)10-17-18(12)8-3/h10,13,16H,6-9H2,1-5H3. The molecule has 0 aliphatic carbocycles. The summed E-state index contributed by atoms with van der Waals surface area (Å²) in [6.07, 6.45) is 3.56. The summed E-state index contributed by atoms with van der Waals surface area (Å²) in [6.45, 7) is 9.91. The molecule has 19 heavy (non-hydrogen) atoms. The van der Waals surface area contributed by atoms with Gasteiger partial charge in [0.15, 0.2) is 0 Å². The minimum atomic E-state index is -0.250. The third-order valence-corrected chi connectivity index (χ3v) is 4.14. The quantitative estimate of drug-likeness (QED) is 0.796. The van der Waals surface area contributed by atoms with Gasteiger partial charge in [-0.2, -0.15) is 5.10 Å². The van der Waals surface area contributed by atoms with E-state index in [4.69, 9.17) is 16.3 Å². The molecule has 0 saturated carbocycles. The molecule has 0 bridgehead atoms. The maximum Gasteiger partial charge on any atom is 0.0886 e. The molecule has 0 spiro atoms. The van der Waals surface area contributed by atoms with Gasteiger partial charge in [0.2, 0.25) is 0 Å². The number of likely N-dealkylation sites (N-methyl/N-ethyl adjacent to an activating group) is 1. The lowest BCUT2D eigenvalue weighted by Crippen LogP contribution is -2.45. The molecule has 5 heteroatoms. The zero-order chi connectivity index (χ0) is 14.5. The molecule has 1 heterocycles. The van der Waals surface area contributed by atoms with Gasteiger partial charge in [0.05, 0.1) is 28.6 Å². The zero-order valence-electron chi connectivity index (χ0n) is 12.7. The van der Waals surface area contributed by atoms with Gasteiger partial charge in [-0.05, 0) is 33.7 Å². The summed E-state index contributed by atoms with van der Waals surface area (Å²) in [5.41, 5.74) is 0.768. The van der Waals surface area contributed by atoms with Gasteiger partial charge in [-0.15, -0.1) is 0 Å². The van der Waals surface area contributed by atoms with Crippen molar-refractivity contribution in [2.45, 2.75) is 58.7 Å². The molecule has 4 nitrogen and oxygen atoms in total. The Morgan fingerprint density at radius 1 is 1.37 bits per heavy atom. The SMILES string of the molecule is CCOC(CC)(CC)C(NC)c1c(Cl)cnn1CC. The van der Waals surface area contributed by atoms with Crippen LogP contribution in [0.2, 0.25) is 5.02 Å². The third-order valence-electron chi connectivity index (χ3n) is 3.85. The first-order valence-electron chi connectivity index (χ1n) is 7.12. The average Bonchev–Trinajstić information content (AvgIpc) is 2.80.